The molecule has 2 aliphatic carbocycles. The molecule has 1 N–H and O–H groups in total. The van der Waals surface area contributed by atoms with E-state index in [0.29, 0.717) is 17.1 Å². The second-order valence-corrected chi connectivity index (χ2v) is 10.1. The van der Waals surface area contributed by atoms with E-state index >= 15 is 4.39 Å². The van der Waals surface area contributed by atoms with Gasteiger partial charge in [0.15, 0.2) is 23.2 Å². The third-order valence-electron chi connectivity index (χ3n) is 7.51. The van der Waals surface area contributed by atoms with Gasteiger partial charge in [0.25, 0.3) is 0 Å². The molecular weight excluding hydrogens is 440 g/mol. The SMILES string of the molecule is CN(c1cnc(-c2ccc(-n3cc(F)c(C#N)n3)cc2O)nn1)[C@H]1C[C@]2(C)CC[C@@](C)(C2)[C@H]1F. The van der Waals surface area contributed by atoms with Crippen LogP contribution in [0.1, 0.15) is 45.2 Å². The van der Waals surface area contributed by atoms with Crippen LogP contribution in [-0.2, 0) is 0 Å². The summed E-state index contributed by atoms with van der Waals surface area (Å²) >= 11 is 0. The zero-order chi connectivity index (χ0) is 24.3. The van der Waals surface area contributed by atoms with Gasteiger partial charge in [-0.25, -0.2) is 18.4 Å². The predicted molar refractivity (Wildman–Crippen MR) is 120 cm³/mol. The van der Waals surface area contributed by atoms with Crippen LogP contribution in [0.25, 0.3) is 17.1 Å². The Bertz CT molecular complexity index is 1290. The van der Waals surface area contributed by atoms with E-state index in [1.54, 1.807) is 18.2 Å². The molecule has 176 valence electrons. The molecule has 8 nitrogen and oxygen atoms in total. The van der Waals surface area contributed by atoms with E-state index in [9.17, 15) is 9.50 Å². The number of phenols is 1. The number of rotatable bonds is 4. The Balaban J connectivity index is 1.37. The number of alkyl halides is 1. The molecule has 10 heteroatoms. The highest BCUT2D eigenvalue weighted by atomic mass is 19.1. The lowest BCUT2D eigenvalue weighted by Gasteiger charge is -2.46. The average Bonchev–Trinajstić information content (AvgIpc) is 3.33. The number of fused-ring (bicyclic) bond motifs is 2. The predicted octanol–water partition coefficient (Wildman–Crippen LogP) is 4.18. The first-order chi connectivity index (χ1) is 16.1. The van der Waals surface area contributed by atoms with Crippen molar-refractivity contribution in [3.05, 3.63) is 42.1 Å². The van der Waals surface area contributed by atoms with Crippen molar-refractivity contribution in [3.63, 3.8) is 0 Å². The number of anilines is 1. The number of benzene rings is 1. The standard InChI is InChI=1S/C24H25F2N7O/c1-23-6-7-24(2,13-23)21(26)18(9-23)32(3)20-11-28-22(30-29-20)15-5-4-14(8-19(15)34)33-12-16(25)17(10-27)31-33/h4-5,8,11-12,18,21,34H,6-7,9,13H2,1-3H3/t18-,21-,23-,24-/m0/s1. The molecule has 2 aromatic heterocycles. The van der Waals surface area contributed by atoms with Crippen molar-refractivity contribution in [1.82, 2.24) is 25.0 Å². The van der Waals surface area contributed by atoms with E-state index < -0.39 is 12.0 Å². The molecule has 0 saturated heterocycles. The number of aromatic nitrogens is 5. The minimum Gasteiger partial charge on any atom is -0.507 e. The minimum absolute atomic E-state index is 0.135. The quantitative estimate of drug-likeness (QED) is 0.616. The lowest BCUT2D eigenvalue weighted by atomic mass is 9.67. The summed E-state index contributed by atoms with van der Waals surface area (Å²) in [6.45, 7) is 4.28. The first-order valence-corrected chi connectivity index (χ1v) is 11.2. The molecule has 2 bridgehead atoms. The third kappa shape index (κ3) is 3.56. The van der Waals surface area contributed by atoms with E-state index in [2.05, 4.69) is 27.2 Å². The van der Waals surface area contributed by atoms with E-state index in [1.807, 2.05) is 18.9 Å². The lowest BCUT2D eigenvalue weighted by molar-refractivity contribution is 0.0380. The molecule has 2 saturated carbocycles. The van der Waals surface area contributed by atoms with Gasteiger partial charge < -0.3 is 10.0 Å². The molecule has 0 unspecified atom stereocenters. The van der Waals surface area contributed by atoms with Gasteiger partial charge in [-0.15, -0.1) is 10.2 Å². The first-order valence-electron chi connectivity index (χ1n) is 11.2. The maximum absolute atomic E-state index is 15.5. The number of nitriles is 1. The largest absolute Gasteiger partial charge is 0.507 e. The monoisotopic (exact) mass is 465 g/mol. The molecule has 3 aromatic rings. The number of phenolic OH excluding ortho intramolecular Hbond substituents is 1. The summed E-state index contributed by atoms with van der Waals surface area (Å²) in [5.41, 5.74) is 0.189. The van der Waals surface area contributed by atoms with Crippen molar-refractivity contribution in [2.75, 3.05) is 11.9 Å². The van der Waals surface area contributed by atoms with Crippen molar-refractivity contribution in [1.29, 1.82) is 5.26 Å². The summed E-state index contributed by atoms with van der Waals surface area (Å²) < 4.78 is 30.3. The van der Waals surface area contributed by atoms with Gasteiger partial charge in [-0.1, -0.05) is 13.8 Å². The molecule has 0 amide bonds. The second kappa shape index (κ2) is 7.72. The second-order valence-electron chi connectivity index (χ2n) is 10.1. The summed E-state index contributed by atoms with van der Waals surface area (Å²) in [6.07, 6.45) is 5.24. The van der Waals surface area contributed by atoms with Crippen LogP contribution in [0.4, 0.5) is 14.6 Å². The number of hydrogen-bond acceptors (Lipinski definition) is 7. The fourth-order valence-corrected chi connectivity index (χ4v) is 5.69. The Morgan fingerprint density at radius 1 is 1.26 bits per heavy atom. The third-order valence-corrected chi connectivity index (χ3v) is 7.51. The zero-order valence-electron chi connectivity index (χ0n) is 19.2. The van der Waals surface area contributed by atoms with Gasteiger partial charge in [0.1, 0.15) is 18.0 Å². The van der Waals surface area contributed by atoms with E-state index in [4.69, 9.17) is 5.26 Å². The Morgan fingerprint density at radius 2 is 2.06 bits per heavy atom. The summed E-state index contributed by atoms with van der Waals surface area (Å²) in [5, 5.41) is 31.6. The molecule has 2 fully saturated rings. The molecule has 2 heterocycles. The van der Waals surface area contributed by atoms with Crippen LogP contribution in [0.15, 0.2) is 30.6 Å². The van der Waals surface area contributed by atoms with Crippen molar-refractivity contribution in [2.45, 2.75) is 51.7 Å². The Kier molecular flexibility index (Phi) is 5.04. The molecular formula is C24H25F2N7O. The van der Waals surface area contributed by atoms with E-state index in [0.717, 1.165) is 31.9 Å². The van der Waals surface area contributed by atoms with E-state index in [-0.39, 0.29) is 34.1 Å². The Morgan fingerprint density at radius 3 is 2.71 bits per heavy atom. The highest BCUT2D eigenvalue weighted by Crippen LogP contribution is 2.59. The number of halogens is 2. The number of nitrogens with zero attached hydrogens (tertiary/aromatic N) is 7. The lowest BCUT2D eigenvalue weighted by Crippen LogP contribution is -2.52. The maximum Gasteiger partial charge on any atom is 0.198 e. The molecule has 34 heavy (non-hydrogen) atoms. The summed E-state index contributed by atoms with van der Waals surface area (Å²) in [7, 11) is 1.82. The normalized spacial score (nSPS) is 28.0. The number of hydrogen-bond donors (Lipinski definition) is 1. The van der Waals surface area contributed by atoms with Gasteiger partial charge in [0.2, 0.25) is 0 Å². The van der Waals surface area contributed by atoms with Gasteiger partial charge in [-0.05, 0) is 43.2 Å². The van der Waals surface area contributed by atoms with Crippen molar-refractivity contribution < 1.29 is 13.9 Å². The first kappa shape index (κ1) is 22.2. The number of aromatic hydroxyl groups is 1. The Hall–Kier alpha value is -3.61. The molecule has 0 radical (unpaired) electrons. The zero-order valence-corrected chi connectivity index (χ0v) is 19.2. The maximum atomic E-state index is 15.5. The highest BCUT2D eigenvalue weighted by Gasteiger charge is 2.56. The summed E-state index contributed by atoms with van der Waals surface area (Å²) in [4.78, 5) is 6.18. The Labute approximate surface area is 195 Å². The van der Waals surface area contributed by atoms with Crippen LogP contribution in [0.5, 0.6) is 5.75 Å². The van der Waals surface area contributed by atoms with Crippen molar-refractivity contribution >= 4 is 5.82 Å². The summed E-state index contributed by atoms with van der Waals surface area (Å²) in [6, 6.07) is 5.90. The van der Waals surface area contributed by atoms with Crippen molar-refractivity contribution in [2.24, 2.45) is 10.8 Å². The van der Waals surface area contributed by atoms with Crippen molar-refractivity contribution in [3.8, 4) is 28.9 Å². The van der Waals surface area contributed by atoms with Crippen LogP contribution in [0.3, 0.4) is 0 Å². The van der Waals surface area contributed by atoms with E-state index in [1.165, 1.54) is 16.9 Å². The van der Waals surface area contributed by atoms with Gasteiger partial charge in [0.05, 0.1) is 29.7 Å². The smallest absolute Gasteiger partial charge is 0.198 e. The van der Waals surface area contributed by atoms with Crippen LogP contribution < -0.4 is 4.90 Å². The van der Waals surface area contributed by atoms with Gasteiger partial charge in [-0.3, -0.25) is 0 Å². The topological polar surface area (TPSA) is 104 Å². The average molecular weight is 466 g/mol. The highest BCUT2D eigenvalue weighted by molar-refractivity contribution is 5.66. The van der Waals surface area contributed by atoms with Gasteiger partial charge >= 0.3 is 0 Å². The fraction of sp³-hybridized carbons (Fsp3) is 0.458. The van der Waals surface area contributed by atoms with Crippen LogP contribution in [-0.4, -0.2) is 49.3 Å². The molecule has 0 aliphatic heterocycles. The van der Waals surface area contributed by atoms with Crippen LogP contribution >= 0.6 is 0 Å². The molecule has 2 aliphatic rings. The van der Waals surface area contributed by atoms with Crippen LogP contribution in [0.2, 0.25) is 0 Å². The molecule has 5 rings (SSSR count). The van der Waals surface area contributed by atoms with Gasteiger partial charge in [-0.2, -0.15) is 10.4 Å². The molecule has 4 atom stereocenters. The minimum atomic E-state index is -0.958. The van der Waals surface area contributed by atoms with Gasteiger partial charge in [0, 0.05) is 18.5 Å². The van der Waals surface area contributed by atoms with Crippen LogP contribution in [0, 0.1) is 28.0 Å². The molecule has 1 aromatic carbocycles. The fourth-order valence-electron chi connectivity index (χ4n) is 5.69. The molecule has 0 spiro atoms. The summed E-state index contributed by atoms with van der Waals surface area (Å²) in [5.74, 6) is -0.229.